The number of piperidine rings is 1. The van der Waals surface area contributed by atoms with Crippen molar-refractivity contribution in [2.75, 3.05) is 19.3 Å². The first-order chi connectivity index (χ1) is 13.0. The van der Waals surface area contributed by atoms with E-state index in [1.165, 1.54) is 23.3 Å². The molecule has 2 N–H and O–H groups in total. The van der Waals surface area contributed by atoms with Crippen LogP contribution in [0, 0.1) is 11.3 Å². The summed E-state index contributed by atoms with van der Waals surface area (Å²) in [6.07, 6.45) is 1.45. The van der Waals surface area contributed by atoms with Crippen LogP contribution in [0.4, 0.5) is 13.2 Å². The zero-order valence-corrected chi connectivity index (χ0v) is 15.9. The maximum absolute atomic E-state index is 13.0. The number of nitrogens with two attached hydrogens (primary N) is 1. The Balaban J connectivity index is 1.89. The molecule has 0 aromatic carbocycles. The lowest BCUT2D eigenvalue weighted by atomic mass is 10.1. The molecule has 152 valence electrons. The van der Waals surface area contributed by atoms with Crippen LogP contribution in [-0.2, 0) is 25.1 Å². The van der Waals surface area contributed by atoms with Gasteiger partial charge >= 0.3 is 6.18 Å². The summed E-state index contributed by atoms with van der Waals surface area (Å²) in [4.78, 5) is 26.4. The van der Waals surface area contributed by atoms with Gasteiger partial charge < -0.3 is 15.4 Å². The van der Waals surface area contributed by atoms with Crippen LogP contribution in [0.2, 0.25) is 0 Å². The number of carbonyl (C=O) groups excluding carboxylic acids is 2. The van der Waals surface area contributed by atoms with Crippen LogP contribution in [0.1, 0.15) is 12.8 Å². The van der Waals surface area contributed by atoms with Crippen LogP contribution in [0.5, 0.6) is 0 Å². The van der Waals surface area contributed by atoms with E-state index in [2.05, 4.69) is 6.58 Å². The zero-order valence-electron chi connectivity index (χ0n) is 15.0. The van der Waals surface area contributed by atoms with Gasteiger partial charge in [-0.1, -0.05) is 12.7 Å². The van der Waals surface area contributed by atoms with Crippen molar-refractivity contribution in [3.8, 4) is 0 Å². The fourth-order valence-electron chi connectivity index (χ4n) is 3.51. The van der Waals surface area contributed by atoms with Gasteiger partial charge in [0.05, 0.1) is 11.0 Å². The summed E-state index contributed by atoms with van der Waals surface area (Å²) < 4.78 is 55.3. The van der Waals surface area contributed by atoms with E-state index in [9.17, 15) is 27.0 Å². The Kier molecular flexibility index (Phi) is 5.03. The first-order valence-corrected chi connectivity index (χ1v) is 10.0. The average molecular weight is 416 g/mol. The topological polar surface area (TPSA) is 89.7 Å². The van der Waals surface area contributed by atoms with Gasteiger partial charge in [-0.15, -0.1) is 0 Å². The van der Waals surface area contributed by atoms with Gasteiger partial charge in [0.2, 0.25) is 11.7 Å². The lowest BCUT2D eigenvalue weighted by Gasteiger charge is -2.23. The van der Waals surface area contributed by atoms with Crippen LogP contribution in [-0.4, -0.2) is 46.4 Å². The molecule has 10 heteroatoms. The quantitative estimate of drug-likeness (QED) is 0.693. The fourth-order valence-corrected chi connectivity index (χ4v) is 4.12. The highest BCUT2D eigenvalue weighted by molar-refractivity contribution is 7.88. The second-order valence-corrected chi connectivity index (χ2v) is 8.43. The van der Waals surface area contributed by atoms with E-state index >= 15 is 0 Å². The number of primary amides is 1. The molecule has 1 aliphatic heterocycles. The Bertz CT molecular complexity index is 875. The molecule has 0 aromatic heterocycles. The van der Waals surface area contributed by atoms with E-state index in [-0.39, 0.29) is 36.8 Å². The van der Waals surface area contributed by atoms with E-state index in [1.807, 2.05) is 0 Å². The summed E-state index contributed by atoms with van der Waals surface area (Å²) in [6.45, 7) is 3.25. The molecule has 2 amide bonds. The Labute approximate surface area is 162 Å². The predicted octanol–water partition coefficient (Wildman–Crippen LogP) is 1.89. The molecule has 1 saturated heterocycles. The van der Waals surface area contributed by atoms with Gasteiger partial charge in [0, 0.05) is 35.0 Å². The highest BCUT2D eigenvalue weighted by atomic mass is 32.2. The van der Waals surface area contributed by atoms with Gasteiger partial charge in [-0.25, -0.2) is 0 Å². The normalized spacial score (nSPS) is 27.6. The Morgan fingerprint density at radius 3 is 2.61 bits per heavy atom. The summed E-state index contributed by atoms with van der Waals surface area (Å²) in [6, 6.07) is 0. The lowest BCUT2D eigenvalue weighted by Crippen LogP contribution is -2.37. The Morgan fingerprint density at radius 2 is 2.07 bits per heavy atom. The molecule has 0 bridgehead atoms. The number of carbonyl (C=O) groups is 2. The number of rotatable bonds is 5. The number of ether oxygens (including phenoxy) is 1. The van der Waals surface area contributed by atoms with Crippen molar-refractivity contribution in [2.24, 2.45) is 17.1 Å². The molecule has 6 nitrogen and oxygen atoms in total. The highest BCUT2D eigenvalue weighted by Gasteiger charge is 2.65. The van der Waals surface area contributed by atoms with E-state index in [1.54, 1.807) is 6.08 Å². The molecule has 2 aliphatic carbocycles. The summed E-state index contributed by atoms with van der Waals surface area (Å²) in [5.41, 5.74) is 4.51. The maximum atomic E-state index is 13.0. The number of allylic oxidation sites excluding steroid dienone is 4. The van der Waals surface area contributed by atoms with Crippen molar-refractivity contribution >= 4 is 22.6 Å². The molecule has 28 heavy (non-hydrogen) atoms. The van der Waals surface area contributed by atoms with Crippen LogP contribution in [0.15, 0.2) is 46.8 Å². The van der Waals surface area contributed by atoms with Gasteiger partial charge in [0.25, 0.3) is 5.91 Å². The molecular formula is C18H19F3N2O4S. The van der Waals surface area contributed by atoms with Gasteiger partial charge in [-0.2, -0.15) is 13.2 Å². The molecule has 1 heterocycles. The van der Waals surface area contributed by atoms with Gasteiger partial charge in [-0.3, -0.25) is 13.8 Å². The molecular weight excluding hydrogens is 397 g/mol. The fraction of sp³-hybridized carbons (Fsp3) is 0.444. The minimum atomic E-state index is -4.80. The number of halogens is 3. The van der Waals surface area contributed by atoms with Crippen molar-refractivity contribution < 1.29 is 31.7 Å². The number of alkyl halides is 3. The van der Waals surface area contributed by atoms with Crippen molar-refractivity contribution in [3.05, 3.63) is 46.8 Å². The number of amides is 2. The third kappa shape index (κ3) is 3.65. The molecule has 0 radical (unpaired) electrons. The van der Waals surface area contributed by atoms with Crippen LogP contribution in [0.25, 0.3) is 0 Å². The number of hydrogen-bond donors (Lipinski definition) is 1. The van der Waals surface area contributed by atoms with E-state index in [0.717, 1.165) is 0 Å². The van der Waals surface area contributed by atoms with E-state index in [4.69, 9.17) is 10.5 Å². The molecule has 1 saturated carbocycles. The maximum Gasteiger partial charge on any atom is 0.448 e. The minimum Gasteiger partial charge on any atom is -0.452 e. The van der Waals surface area contributed by atoms with E-state index < -0.39 is 40.0 Å². The van der Waals surface area contributed by atoms with Gasteiger partial charge in [-0.05, 0) is 30.9 Å². The van der Waals surface area contributed by atoms with Gasteiger partial charge in [0.1, 0.15) is 5.76 Å². The highest BCUT2D eigenvalue weighted by Crippen LogP contribution is 2.57. The lowest BCUT2D eigenvalue weighted by molar-refractivity contribution is -0.130. The third-order valence-corrected chi connectivity index (χ3v) is 6.16. The summed E-state index contributed by atoms with van der Waals surface area (Å²) in [5, 5.41) is 0. The number of hydrogen-bond acceptors (Lipinski definition) is 4. The molecule has 0 spiro atoms. The first-order valence-electron chi connectivity index (χ1n) is 8.44. The minimum absolute atomic E-state index is 0.0471. The molecule has 3 aliphatic rings. The Morgan fingerprint density at radius 1 is 1.39 bits per heavy atom. The predicted molar refractivity (Wildman–Crippen MR) is 95.5 cm³/mol. The first kappa shape index (κ1) is 20.4. The largest absolute Gasteiger partial charge is 0.452 e. The van der Waals surface area contributed by atoms with Crippen molar-refractivity contribution in [1.82, 2.24) is 4.90 Å². The molecule has 3 atom stereocenters. The molecule has 3 rings (SSSR count). The molecule has 2 fully saturated rings. The number of likely N-dealkylation sites (tertiary alicyclic amines) is 1. The SMILES string of the molecule is C=C(OC1=CCC=C(S(C)=O)C=C1C(=O)N1CC2CC2(C(N)=O)C1)C(F)(F)F. The van der Waals surface area contributed by atoms with Crippen molar-refractivity contribution in [2.45, 2.75) is 19.0 Å². The summed E-state index contributed by atoms with van der Waals surface area (Å²) >= 11 is 0. The van der Waals surface area contributed by atoms with Crippen molar-refractivity contribution in [1.29, 1.82) is 0 Å². The van der Waals surface area contributed by atoms with Crippen LogP contribution < -0.4 is 5.73 Å². The average Bonchev–Trinajstić information content (AvgIpc) is 3.23. The summed E-state index contributed by atoms with van der Waals surface area (Å²) in [7, 11) is -1.45. The van der Waals surface area contributed by atoms with E-state index in [0.29, 0.717) is 11.3 Å². The molecule has 3 unspecified atom stereocenters. The molecule has 0 aromatic rings. The van der Waals surface area contributed by atoms with Crippen LogP contribution >= 0.6 is 0 Å². The van der Waals surface area contributed by atoms with Crippen molar-refractivity contribution in [3.63, 3.8) is 0 Å². The number of fused-ring (bicyclic) bond motifs is 1. The second kappa shape index (κ2) is 6.91. The Hall–Kier alpha value is -2.36. The van der Waals surface area contributed by atoms with Gasteiger partial charge in [0.15, 0.2) is 0 Å². The summed E-state index contributed by atoms with van der Waals surface area (Å²) in [5.74, 6) is -2.91. The van der Waals surface area contributed by atoms with Crippen LogP contribution in [0.3, 0.4) is 0 Å². The standard InChI is InChI=1S/C18H19F3N2O4S/c1-10(18(19,20)21)27-14-5-3-4-12(28(2)26)6-13(14)15(24)23-8-11-7-17(11,9-23)16(22)25/h4-6,11H,1,3,7-9H2,2H3,(H2,22,25). The monoisotopic (exact) mass is 416 g/mol. The number of nitrogens with zero attached hydrogens (tertiary/aromatic N) is 1. The third-order valence-electron chi connectivity index (χ3n) is 5.21. The smallest absolute Gasteiger partial charge is 0.448 e. The zero-order chi connectivity index (χ0) is 20.9. The second-order valence-electron chi connectivity index (χ2n) is 7.05.